The van der Waals surface area contributed by atoms with Gasteiger partial charge in [0.15, 0.2) is 0 Å². The summed E-state index contributed by atoms with van der Waals surface area (Å²) >= 11 is 0. The number of carbonyl (C=O) groups excluding carboxylic acids is 2. The number of amides is 2. The third kappa shape index (κ3) is 4.06. The maximum absolute atomic E-state index is 13.0. The van der Waals surface area contributed by atoms with Crippen molar-refractivity contribution in [1.82, 2.24) is 9.80 Å². The maximum Gasteiger partial charge on any atom is 0.258 e. The Bertz CT molecular complexity index is 576. The fraction of sp³-hybridized carbons (Fsp3) is 0.556. The third-order valence-electron chi connectivity index (χ3n) is 4.17. The SMILES string of the molecule is CCOCCOc1ccccc1C(=O)N1CCN(C)C(=O)[C@@H]1CC. The zero-order chi connectivity index (χ0) is 17.5. The monoisotopic (exact) mass is 334 g/mol. The van der Waals surface area contributed by atoms with E-state index in [1.165, 1.54) is 0 Å². The van der Waals surface area contributed by atoms with Crippen LogP contribution in [0.2, 0.25) is 0 Å². The van der Waals surface area contributed by atoms with Gasteiger partial charge in [0.05, 0.1) is 12.2 Å². The van der Waals surface area contributed by atoms with Gasteiger partial charge in [0.25, 0.3) is 5.91 Å². The first-order valence-corrected chi connectivity index (χ1v) is 8.45. The lowest BCUT2D eigenvalue weighted by molar-refractivity contribution is -0.138. The van der Waals surface area contributed by atoms with E-state index in [2.05, 4.69) is 0 Å². The van der Waals surface area contributed by atoms with Gasteiger partial charge in [-0.15, -0.1) is 0 Å². The molecule has 0 radical (unpaired) electrons. The fourth-order valence-corrected chi connectivity index (χ4v) is 2.83. The molecule has 6 nitrogen and oxygen atoms in total. The number of piperazine rings is 1. The van der Waals surface area contributed by atoms with E-state index in [1.807, 2.05) is 26.0 Å². The van der Waals surface area contributed by atoms with Crippen molar-refractivity contribution in [2.45, 2.75) is 26.3 Å². The summed E-state index contributed by atoms with van der Waals surface area (Å²) in [5.41, 5.74) is 0.491. The molecule has 132 valence electrons. The van der Waals surface area contributed by atoms with Gasteiger partial charge in [0, 0.05) is 26.7 Å². The second-order valence-electron chi connectivity index (χ2n) is 5.72. The summed E-state index contributed by atoms with van der Waals surface area (Å²) in [6, 6.07) is 6.75. The lowest BCUT2D eigenvalue weighted by atomic mass is 10.1. The number of para-hydroxylation sites is 1. The molecular formula is C18H26N2O4. The Labute approximate surface area is 143 Å². The van der Waals surface area contributed by atoms with E-state index in [9.17, 15) is 9.59 Å². The molecule has 6 heteroatoms. The molecule has 1 atom stereocenters. The van der Waals surface area contributed by atoms with E-state index in [0.717, 1.165) is 0 Å². The smallest absolute Gasteiger partial charge is 0.258 e. The van der Waals surface area contributed by atoms with Crippen LogP contribution in [0.15, 0.2) is 24.3 Å². The number of rotatable bonds is 7. The number of likely N-dealkylation sites (N-methyl/N-ethyl adjacent to an activating group) is 1. The molecule has 2 rings (SSSR count). The van der Waals surface area contributed by atoms with Gasteiger partial charge in [-0.25, -0.2) is 0 Å². The van der Waals surface area contributed by atoms with Gasteiger partial charge in [-0.05, 0) is 25.5 Å². The highest BCUT2D eigenvalue weighted by atomic mass is 16.5. The molecule has 1 aliphatic rings. The number of carbonyl (C=O) groups is 2. The lowest BCUT2D eigenvalue weighted by Gasteiger charge is -2.39. The van der Waals surface area contributed by atoms with E-state index in [-0.39, 0.29) is 11.8 Å². The molecule has 1 heterocycles. The largest absolute Gasteiger partial charge is 0.490 e. The number of ether oxygens (including phenoxy) is 2. The molecule has 1 aromatic carbocycles. The summed E-state index contributed by atoms with van der Waals surface area (Å²) in [5, 5.41) is 0. The van der Waals surface area contributed by atoms with Crippen LogP contribution < -0.4 is 4.74 Å². The predicted octanol–water partition coefficient (Wildman–Crippen LogP) is 1.79. The Kier molecular flexibility index (Phi) is 6.61. The van der Waals surface area contributed by atoms with Crippen LogP contribution in [0.4, 0.5) is 0 Å². The standard InChI is InChI=1S/C18H26N2O4/c1-4-15-18(22)19(3)10-11-20(15)17(21)14-8-6-7-9-16(14)24-13-12-23-5-2/h6-9,15H,4-5,10-13H2,1-3H3/t15-/m0/s1. The summed E-state index contributed by atoms with van der Waals surface area (Å²) in [6.45, 7) is 6.42. The molecule has 1 saturated heterocycles. The normalized spacial score (nSPS) is 18.0. The topological polar surface area (TPSA) is 59.1 Å². The molecule has 1 aliphatic heterocycles. The van der Waals surface area contributed by atoms with Crippen LogP contribution in [-0.2, 0) is 9.53 Å². The van der Waals surface area contributed by atoms with Gasteiger partial charge in [0.2, 0.25) is 5.91 Å². The minimum Gasteiger partial charge on any atom is -0.490 e. The highest BCUT2D eigenvalue weighted by molar-refractivity contribution is 6.00. The number of nitrogens with zero attached hydrogens (tertiary/aromatic N) is 2. The zero-order valence-corrected chi connectivity index (χ0v) is 14.7. The number of hydrogen-bond donors (Lipinski definition) is 0. The van der Waals surface area contributed by atoms with Crippen LogP contribution in [0.25, 0.3) is 0 Å². The molecule has 0 saturated carbocycles. The van der Waals surface area contributed by atoms with Crippen molar-refractivity contribution in [1.29, 1.82) is 0 Å². The quantitative estimate of drug-likeness (QED) is 0.714. The summed E-state index contributed by atoms with van der Waals surface area (Å²) in [4.78, 5) is 28.6. The van der Waals surface area contributed by atoms with Crippen LogP contribution in [0, 0.1) is 0 Å². The van der Waals surface area contributed by atoms with Gasteiger partial charge < -0.3 is 19.3 Å². The highest BCUT2D eigenvalue weighted by Gasteiger charge is 2.35. The van der Waals surface area contributed by atoms with E-state index in [0.29, 0.717) is 50.6 Å². The molecule has 0 unspecified atom stereocenters. The maximum atomic E-state index is 13.0. The van der Waals surface area contributed by atoms with Crippen molar-refractivity contribution in [3.05, 3.63) is 29.8 Å². The average Bonchev–Trinajstić information content (AvgIpc) is 2.60. The molecule has 1 fully saturated rings. The molecule has 1 aromatic rings. The molecule has 0 spiro atoms. The molecule has 2 amide bonds. The van der Waals surface area contributed by atoms with Gasteiger partial charge in [0.1, 0.15) is 18.4 Å². The van der Waals surface area contributed by atoms with Crippen LogP contribution >= 0.6 is 0 Å². The highest BCUT2D eigenvalue weighted by Crippen LogP contribution is 2.23. The minimum absolute atomic E-state index is 0.00755. The van der Waals surface area contributed by atoms with Gasteiger partial charge in [-0.3, -0.25) is 9.59 Å². The Morgan fingerprint density at radius 3 is 2.67 bits per heavy atom. The van der Waals surface area contributed by atoms with Crippen molar-refractivity contribution in [2.75, 3.05) is 40.0 Å². The first-order chi connectivity index (χ1) is 11.6. The van der Waals surface area contributed by atoms with Crippen molar-refractivity contribution >= 4 is 11.8 Å². The van der Waals surface area contributed by atoms with E-state index in [4.69, 9.17) is 9.47 Å². The summed E-state index contributed by atoms with van der Waals surface area (Å²) in [7, 11) is 1.78. The van der Waals surface area contributed by atoms with Crippen LogP contribution in [0.3, 0.4) is 0 Å². The average molecular weight is 334 g/mol. The third-order valence-corrected chi connectivity index (χ3v) is 4.17. The first-order valence-electron chi connectivity index (χ1n) is 8.45. The Morgan fingerprint density at radius 1 is 1.21 bits per heavy atom. The molecule has 0 aromatic heterocycles. The Morgan fingerprint density at radius 2 is 1.96 bits per heavy atom. The second kappa shape index (κ2) is 8.68. The van der Waals surface area contributed by atoms with Gasteiger partial charge in [-0.1, -0.05) is 19.1 Å². The van der Waals surface area contributed by atoms with Crippen LogP contribution in [-0.4, -0.2) is 67.6 Å². The Balaban J connectivity index is 2.15. The number of benzene rings is 1. The summed E-state index contributed by atoms with van der Waals surface area (Å²) in [5.74, 6) is 0.366. The molecule has 0 N–H and O–H groups in total. The minimum atomic E-state index is -0.410. The van der Waals surface area contributed by atoms with E-state index < -0.39 is 6.04 Å². The van der Waals surface area contributed by atoms with Crippen LogP contribution in [0.1, 0.15) is 30.6 Å². The summed E-state index contributed by atoms with van der Waals surface area (Å²) in [6.07, 6.45) is 0.599. The first kappa shape index (κ1) is 18.3. The van der Waals surface area contributed by atoms with Crippen LogP contribution in [0.5, 0.6) is 5.75 Å². The fourth-order valence-electron chi connectivity index (χ4n) is 2.83. The number of hydrogen-bond acceptors (Lipinski definition) is 4. The van der Waals surface area contributed by atoms with Crippen molar-refractivity contribution < 1.29 is 19.1 Å². The van der Waals surface area contributed by atoms with Gasteiger partial charge in [-0.2, -0.15) is 0 Å². The van der Waals surface area contributed by atoms with Crippen molar-refractivity contribution in [3.8, 4) is 5.75 Å². The lowest BCUT2D eigenvalue weighted by Crippen LogP contribution is -2.57. The van der Waals surface area contributed by atoms with Crippen molar-refractivity contribution in [2.24, 2.45) is 0 Å². The summed E-state index contributed by atoms with van der Waals surface area (Å²) < 4.78 is 11.0. The Hall–Kier alpha value is -2.08. The molecule has 0 aliphatic carbocycles. The zero-order valence-electron chi connectivity index (χ0n) is 14.7. The van der Waals surface area contributed by atoms with Gasteiger partial charge >= 0.3 is 0 Å². The van der Waals surface area contributed by atoms with Crippen molar-refractivity contribution in [3.63, 3.8) is 0 Å². The van der Waals surface area contributed by atoms with E-state index >= 15 is 0 Å². The predicted molar refractivity (Wildman–Crippen MR) is 91.2 cm³/mol. The second-order valence-corrected chi connectivity index (χ2v) is 5.72. The molecule has 24 heavy (non-hydrogen) atoms. The molecular weight excluding hydrogens is 308 g/mol. The molecule has 0 bridgehead atoms. The van der Waals surface area contributed by atoms with E-state index in [1.54, 1.807) is 29.0 Å².